The third-order valence-electron chi connectivity index (χ3n) is 3.12. The van der Waals surface area contributed by atoms with Crippen LogP contribution in [0.15, 0.2) is 17.6 Å². The number of carbonyl (C=O) groups excluding carboxylic acids is 1. The molecule has 114 valence electrons. The molecule has 1 unspecified atom stereocenters. The minimum Gasteiger partial charge on any atom is -0.396 e. The summed E-state index contributed by atoms with van der Waals surface area (Å²) in [4.78, 5) is 19.9. The van der Waals surface area contributed by atoms with Gasteiger partial charge < -0.3 is 10.8 Å². The van der Waals surface area contributed by atoms with E-state index in [0.717, 1.165) is 28.9 Å². The Hall–Kier alpha value is -1.67. The number of unbranched alkanes of at least 4 members (excludes halogenated alkanes) is 1. The third kappa shape index (κ3) is 3.70. The summed E-state index contributed by atoms with van der Waals surface area (Å²) >= 11 is 1.35. The molecular weight excluding hydrogens is 290 g/mol. The molecule has 2 aromatic rings. The molecule has 7 nitrogen and oxygen atoms in total. The highest BCUT2D eigenvalue weighted by atomic mass is 32.2. The Balaban J connectivity index is 2.23. The molecule has 21 heavy (non-hydrogen) atoms. The number of primary amides is 1. The maximum absolute atomic E-state index is 11.4. The number of amides is 1. The van der Waals surface area contributed by atoms with Crippen molar-refractivity contribution in [1.82, 2.24) is 19.7 Å². The van der Waals surface area contributed by atoms with E-state index in [-0.39, 0.29) is 17.8 Å². The van der Waals surface area contributed by atoms with E-state index in [1.165, 1.54) is 18.1 Å². The maximum Gasteiger partial charge on any atom is 0.230 e. The maximum atomic E-state index is 11.4. The Morgan fingerprint density at radius 3 is 2.95 bits per heavy atom. The van der Waals surface area contributed by atoms with Crippen molar-refractivity contribution in [2.24, 2.45) is 5.73 Å². The Morgan fingerprint density at radius 2 is 2.29 bits per heavy atom. The van der Waals surface area contributed by atoms with Gasteiger partial charge in [0.2, 0.25) is 5.91 Å². The van der Waals surface area contributed by atoms with Crippen LogP contribution in [0.2, 0.25) is 0 Å². The molecule has 2 rings (SSSR count). The van der Waals surface area contributed by atoms with Crippen molar-refractivity contribution in [1.29, 1.82) is 0 Å². The van der Waals surface area contributed by atoms with E-state index in [2.05, 4.69) is 15.1 Å². The van der Waals surface area contributed by atoms with Crippen LogP contribution in [-0.4, -0.2) is 42.6 Å². The first kappa shape index (κ1) is 15.7. The number of aliphatic hydroxyl groups excluding tert-OH is 1. The van der Waals surface area contributed by atoms with E-state index in [0.29, 0.717) is 13.0 Å². The van der Waals surface area contributed by atoms with Gasteiger partial charge in [-0.25, -0.2) is 14.6 Å². The van der Waals surface area contributed by atoms with Gasteiger partial charge in [0.05, 0.1) is 16.8 Å². The SMILES string of the molecule is CCC(Sc1ncnc2c1cnn2CCCCO)C(N)=O. The van der Waals surface area contributed by atoms with E-state index < -0.39 is 0 Å². The molecule has 2 heterocycles. The number of hydrogen-bond acceptors (Lipinski definition) is 6. The van der Waals surface area contributed by atoms with Gasteiger partial charge in [-0.05, 0) is 19.3 Å². The highest BCUT2D eigenvalue weighted by molar-refractivity contribution is 8.00. The fourth-order valence-corrected chi connectivity index (χ4v) is 2.91. The van der Waals surface area contributed by atoms with Gasteiger partial charge in [0.1, 0.15) is 11.4 Å². The molecule has 0 spiro atoms. The summed E-state index contributed by atoms with van der Waals surface area (Å²) in [6.45, 7) is 2.78. The molecule has 0 fully saturated rings. The Labute approximate surface area is 126 Å². The summed E-state index contributed by atoms with van der Waals surface area (Å²) in [5.74, 6) is -0.343. The Bertz CT molecular complexity index is 616. The summed E-state index contributed by atoms with van der Waals surface area (Å²) < 4.78 is 1.79. The van der Waals surface area contributed by atoms with Crippen molar-refractivity contribution < 1.29 is 9.90 Å². The number of fused-ring (bicyclic) bond motifs is 1. The number of carbonyl (C=O) groups is 1. The Kier molecular flexibility index (Phi) is 5.51. The molecule has 8 heteroatoms. The van der Waals surface area contributed by atoms with Gasteiger partial charge in [-0.1, -0.05) is 18.7 Å². The molecule has 2 aromatic heterocycles. The minimum absolute atomic E-state index is 0.173. The smallest absolute Gasteiger partial charge is 0.230 e. The van der Waals surface area contributed by atoms with Crippen LogP contribution in [0.4, 0.5) is 0 Å². The second kappa shape index (κ2) is 7.37. The number of aryl methyl sites for hydroxylation is 1. The summed E-state index contributed by atoms with van der Waals surface area (Å²) in [7, 11) is 0. The quantitative estimate of drug-likeness (QED) is 0.427. The fourth-order valence-electron chi connectivity index (χ4n) is 1.98. The van der Waals surface area contributed by atoms with Crippen molar-refractivity contribution in [3.63, 3.8) is 0 Å². The zero-order chi connectivity index (χ0) is 15.2. The minimum atomic E-state index is -0.343. The van der Waals surface area contributed by atoms with Gasteiger partial charge >= 0.3 is 0 Å². The summed E-state index contributed by atoms with van der Waals surface area (Å²) in [6, 6.07) is 0. The van der Waals surface area contributed by atoms with Gasteiger partial charge in [0, 0.05) is 13.2 Å². The normalized spacial score (nSPS) is 12.7. The molecule has 0 aromatic carbocycles. The van der Waals surface area contributed by atoms with Crippen molar-refractivity contribution in [2.75, 3.05) is 6.61 Å². The third-order valence-corrected chi connectivity index (χ3v) is 4.52. The van der Waals surface area contributed by atoms with Crippen molar-refractivity contribution in [3.05, 3.63) is 12.5 Å². The van der Waals surface area contributed by atoms with E-state index in [9.17, 15) is 4.79 Å². The van der Waals surface area contributed by atoms with Crippen LogP contribution in [-0.2, 0) is 11.3 Å². The number of thioether (sulfide) groups is 1. The monoisotopic (exact) mass is 309 g/mol. The van der Waals surface area contributed by atoms with Crippen molar-refractivity contribution in [2.45, 2.75) is 43.0 Å². The van der Waals surface area contributed by atoms with Crippen LogP contribution in [0.5, 0.6) is 0 Å². The molecule has 0 saturated carbocycles. The molecule has 0 radical (unpaired) electrons. The highest BCUT2D eigenvalue weighted by Gasteiger charge is 2.18. The molecule has 1 amide bonds. The van der Waals surface area contributed by atoms with Crippen molar-refractivity contribution >= 4 is 28.7 Å². The largest absolute Gasteiger partial charge is 0.396 e. The van der Waals surface area contributed by atoms with Crippen LogP contribution in [0, 0.1) is 0 Å². The average Bonchev–Trinajstić information content (AvgIpc) is 2.89. The lowest BCUT2D eigenvalue weighted by molar-refractivity contribution is -0.117. The number of hydrogen-bond donors (Lipinski definition) is 2. The van der Waals surface area contributed by atoms with Crippen LogP contribution in [0.25, 0.3) is 11.0 Å². The first-order chi connectivity index (χ1) is 10.2. The van der Waals surface area contributed by atoms with Crippen LogP contribution in [0.3, 0.4) is 0 Å². The molecule has 0 aliphatic rings. The number of rotatable bonds is 8. The number of nitrogens with zero attached hydrogens (tertiary/aromatic N) is 4. The molecule has 0 aliphatic carbocycles. The molecule has 3 N–H and O–H groups in total. The second-order valence-corrected chi connectivity index (χ2v) is 5.82. The molecule has 0 aliphatic heterocycles. The highest BCUT2D eigenvalue weighted by Crippen LogP contribution is 2.29. The number of aromatic nitrogens is 4. The van der Waals surface area contributed by atoms with E-state index >= 15 is 0 Å². The van der Waals surface area contributed by atoms with Gasteiger partial charge in [0.15, 0.2) is 5.65 Å². The van der Waals surface area contributed by atoms with Gasteiger partial charge in [-0.2, -0.15) is 5.10 Å². The van der Waals surface area contributed by atoms with Crippen LogP contribution < -0.4 is 5.73 Å². The second-order valence-electron chi connectivity index (χ2n) is 4.63. The first-order valence-electron chi connectivity index (χ1n) is 6.90. The fraction of sp³-hybridized carbons (Fsp3) is 0.538. The predicted octanol–water partition coefficient (Wildman–Crippen LogP) is 0.955. The van der Waals surface area contributed by atoms with Gasteiger partial charge in [0.25, 0.3) is 0 Å². The molecular formula is C13H19N5O2S. The van der Waals surface area contributed by atoms with E-state index in [1.54, 1.807) is 10.9 Å². The topological polar surface area (TPSA) is 107 Å². The lowest BCUT2D eigenvalue weighted by atomic mass is 10.3. The zero-order valence-corrected chi connectivity index (χ0v) is 12.7. The molecule has 1 atom stereocenters. The lowest BCUT2D eigenvalue weighted by Crippen LogP contribution is -2.24. The molecule has 0 bridgehead atoms. The lowest BCUT2D eigenvalue weighted by Gasteiger charge is -2.09. The first-order valence-corrected chi connectivity index (χ1v) is 7.78. The van der Waals surface area contributed by atoms with E-state index in [1.807, 2.05) is 6.92 Å². The van der Waals surface area contributed by atoms with E-state index in [4.69, 9.17) is 10.8 Å². The number of aliphatic hydroxyl groups is 1. The summed E-state index contributed by atoms with van der Waals surface area (Å²) in [5, 5.41) is 14.4. The van der Waals surface area contributed by atoms with Gasteiger partial charge in [-0.15, -0.1) is 0 Å². The van der Waals surface area contributed by atoms with Crippen LogP contribution in [0.1, 0.15) is 26.2 Å². The Morgan fingerprint density at radius 1 is 1.48 bits per heavy atom. The average molecular weight is 309 g/mol. The van der Waals surface area contributed by atoms with Gasteiger partial charge in [-0.3, -0.25) is 4.79 Å². The predicted molar refractivity (Wildman–Crippen MR) is 80.8 cm³/mol. The summed E-state index contributed by atoms with van der Waals surface area (Å²) in [5.41, 5.74) is 6.12. The summed E-state index contributed by atoms with van der Waals surface area (Å²) in [6.07, 6.45) is 5.40. The molecule has 0 saturated heterocycles. The standard InChI is InChI=1S/C13H19N5O2S/c1-2-10(11(14)20)21-13-9-7-17-18(5-3-4-6-19)12(9)15-8-16-13/h7-8,10,19H,2-6H2,1H3,(H2,14,20). The van der Waals surface area contributed by atoms with Crippen molar-refractivity contribution in [3.8, 4) is 0 Å². The van der Waals surface area contributed by atoms with Crippen LogP contribution >= 0.6 is 11.8 Å². The zero-order valence-electron chi connectivity index (χ0n) is 11.9. The number of nitrogens with two attached hydrogens (primary N) is 1.